The van der Waals surface area contributed by atoms with E-state index in [9.17, 15) is 26.8 Å². The van der Waals surface area contributed by atoms with Crippen LogP contribution >= 0.6 is 24.0 Å². The summed E-state index contributed by atoms with van der Waals surface area (Å²) in [6.07, 6.45) is -0.453. The van der Waals surface area contributed by atoms with Crippen molar-refractivity contribution in [3.8, 4) is 0 Å². The second-order valence-corrected chi connectivity index (χ2v) is 10.7. The van der Waals surface area contributed by atoms with Gasteiger partial charge in [0.25, 0.3) is 11.8 Å². The molecule has 2 amide bonds. The molecular weight excluding hydrogens is 499 g/mol. The summed E-state index contributed by atoms with van der Waals surface area (Å²) >= 11 is 5.91. The van der Waals surface area contributed by atoms with Gasteiger partial charge in [-0.2, -0.15) is 0 Å². The van der Waals surface area contributed by atoms with E-state index in [-0.39, 0.29) is 35.1 Å². The lowest BCUT2D eigenvalue weighted by atomic mass is 10.1. The van der Waals surface area contributed by atoms with E-state index in [1.165, 1.54) is 30.0 Å². The van der Waals surface area contributed by atoms with Crippen molar-refractivity contribution in [1.29, 1.82) is 0 Å². The number of nitrogens with zero attached hydrogens (tertiary/aromatic N) is 1. The van der Waals surface area contributed by atoms with Gasteiger partial charge in [-0.3, -0.25) is 9.59 Å². The fourth-order valence-corrected chi connectivity index (χ4v) is 5.30. The SMILES string of the molecule is C[C@@H]1[C@H](N)C(=O)N(Cc2ccc(Cl)cc2)c2cc(C(=O)NC3CC3(F)F)ccc2S1(=O)=O.Cl. The summed E-state index contributed by atoms with van der Waals surface area (Å²) in [5.74, 6) is -4.38. The van der Waals surface area contributed by atoms with E-state index in [2.05, 4.69) is 5.32 Å². The lowest BCUT2D eigenvalue weighted by Gasteiger charge is -2.25. The average molecular weight is 520 g/mol. The summed E-state index contributed by atoms with van der Waals surface area (Å²) in [5.41, 5.74) is 6.58. The summed E-state index contributed by atoms with van der Waals surface area (Å²) in [5, 5.41) is 1.51. The van der Waals surface area contributed by atoms with Crippen LogP contribution in [0.5, 0.6) is 0 Å². The Morgan fingerprint density at radius 2 is 1.85 bits per heavy atom. The molecule has 0 aromatic heterocycles. The molecule has 2 aliphatic rings. The summed E-state index contributed by atoms with van der Waals surface area (Å²) in [6, 6.07) is 7.67. The van der Waals surface area contributed by atoms with Crippen LogP contribution in [0.2, 0.25) is 5.02 Å². The molecule has 0 radical (unpaired) electrons. The first-order valence-electron chi connectivity index (χ1n) is 9.80. The molecule has 1 aliphatic carbocycles. The zero-order valence-electron chi connectivity index (χ0n) is 17.3. The maximum Gasteiger partial charge on any atom is 0.270 e. The van der Waals surface area contributed by atoms with Crippen LogP contribution in [0, 0.1) is 0 Å². The van der Waals surface area contributed by atoms with Crippen LogP contribution in [0.15, 0.2) is 47.4 Å². The summed E-state index contributed by atoms with van der Waals surface area (Å²) in [7, 11) is -4.00. The van der Waals surface area contributed by atoms with Crippen molar-refractivity contribution in [2.45, 2.75) is 48.0 Å². The van der Waals surface area contributed by atoms with Crippen LogP contribution in [0.25, 0.3) is 0 Å². The lowest BCUT2D eigenvalue weighted by Crippen LogP contribution is -2.49. The molecule has 1 fully saturated rings. The Balaban J connectivity index is 0.00000306. The molecule has 1 unspecified atom stereocenters. The predicted molar refractivity (Wildman–Crippen MR) is 122 cm³/mol. The molecule has 0 saturated heterocycles. The highest BCUT2D eigenvalue weighted by atomic mass is 35.5. The van der Waals surface area contributed by atoms with Gasteiger partial charge in [-0.15, -0.1) is 12.4 Å². The summed E-state index contributed by atoms with van der Waals surface area (Å²) in [6.45, 7) is 1.33. The van der Waals surface area contributed by atoms with Crippen LogP contribution in [0.1, 0.15) is 29.3 Å². The van der Waals surface area contributed by atoms with Gasteiger partial charge in [0.05, 0.1) is 28.4 Å². The van der Waals surface area contributed by atoms with Crippen LogP contribution in [-0.2, 0) is 21.2 Å². The van der Waals surface area contributed by atoms with Crippen molar-refractivity contribution in [3.05, 3.63) is 58.6 Å². The van der Waals surface area contributed by atoms with Crippen molar-refractivity contribution in [2.24, 2.45) is 5.73 Å². The average Bonchev–Trinajstić information content (AvgIpc) is 3.36. The smallest absolute Gasteiger partial charge is 0.270 e. The number of carbonyl (C=O) groups is 2. The van der Waals surface area contributed by atoms with Crippen LogP contribution in [0.3, 0.4) is 0 Å². The van der Waals surface area contributed by atoms with Crippen molar-refractivity contribution in [3.63, 3.8) is 0 Å². The third-order valence-electron chi connectivity index (χ3n) is 5.75. The van der Waals surface area contributed by atoms with E-state index in [1.54, 1.807) is 24.3 Å². The molecule has 3 atom stereocenters. The molecule has 2 aromatic rings. The molecule has 1 heterocycles. The van der Waals surface area contributed by atoms with Gasteiger partial charge in [-0.1, -0.05) is 23.7 Å². The second kappa shape index (κ2) is 8.83. The van der Waals surface area contributed by atoms with Crippen molar-refractivity contribution in [1.82, 2.24) is 5.32 Å². The van der Waals surface area contributed by atoms with Gasteiger partial charge in [-0.05, 0) is 42.8 Å². The fraction of sp³-hybridized carbons (Fsp3) is 0.333. The Labute approximate surface area is 200 Å². The normalized spacial score (nSPS) is 24.8. The number of benzene rings is 2. The highest BCUT2D eigenvalue weighted by Gasteiger charge is 2.58. The van der Waals surface area contributed by atoms with E-state index in [1.807, 2.05) is 0 Å². The van der Waals surface area contributed by atoms with Crippen LogP contribution in [0.4, 0.5) is 14.5 Å². The number of hydrogen-bond donors (Lipinski definition) is 2. The second-order valence-electron chi connectivity index (χ2n) is 8.00. The quantitative estimate of drug-likeness (QED) is 0.645. The first-order chi connectivity index (χ1) is 14.9. The molecule has 3 N–H and O–H groups in total. The van der Waals surface area contributed by atoms with Gasteiger partial charge in [-0.25, -0.2) is 17.2 Å². The Bertz CT molecular complexity index is 1210. The van der Waals surface area contributed by atoms with E-state index >= 15 is 0 Å². The van der Waals surface area contributed by atoms with Crippen molar-refractivity contribution in [2.75, 3.05) is 4.90 Å². The molecule has 1 aliphatic heterocycles. The standard InChI is InChI=1S/C21H20ClF2N3O4S.ClH/c1-11-18(25)20(29)27(10-12-2-5-14(22)6-3-12)15-8-13(4-7-16(15)32(11,30)31)19(28)26-17-9-21(17,23)24;/h2-8,11,17-18H,9-10,25H2,1H3,(H,26,28);1H/t11-,17?,18+;/m1./s1. The summed E-state index contributed by atoms with van der Waals surface area (Å²) in [4.78, 5) is 26.7. The number of amides is 2. The number of nitrogens with one attached hydrogen (secondary N) is 1. The predicted octanol–water partition coefficient (Wildman–Crippen LogP) is 2.94. The minimum absolute atomic E-state index is 0. The van der Waals surface area contributed by atoms with Gasteiger partial charge in [0, 0.05) is 17.0 Å². The van der Waals surface area contributed by atoms with Crippen molar-refractivity contribution < 1.29 is 26.8 Å². The number of nitrogens with two attached hydrogens (primary N) is 1. The molecular formula is C21H21Cl2F2N3O4S. The topological polar surface area (TPSA) is 110 Å². The molecule has 4 rings (SSSR count). The van der Waals surface area contributed by atoms with E-state index in [4.69, 9.17) is 17.3 Å². The number of sulfone groups is 1. The zero-order chi connectivity index (χ0) is 23.4. The maximum atomic E-state index is 13.2. The van der Waals surface area contributed by atoms with Gasteiger partial charge in [0.1, 0.15) is 6.04 Å². The van der Waals surface area contributed by atoms with E-state index < -0.39 is 51.3 Å². The highest BCUT2D eigenvalue weighted by Crippen LogP contribution is 2.42. The minimum Gasteiger partial charge on any atom is -0.343 e. The van der Waals surface area contributed by atoms with Crippen LogP contribution in [-0.4, -0.2) is 43.5 Å². The monoisotopic (exact) mass is 519 g/mol. The maximum absolute atomic E-state index is 13.2. The van der Waals surface area contributed by atoms with Gasteiger partial charge >= 0.3 is 0 Å². The van der Waals surface area contributed by atoms with Crippen molar-refractivity contribution >= 4 is 51.3 Å². The Hall–Kier alpha value is -2.27. The number of carbonyl (C=O) groups excluding carboxylic acids is 2. The van der Waals surface area contributed by atoms with Gasteiger partial charge in [0.15, 0.2) is 9.84 Å². The largest absolute Gasteiger partial charge is 0.343 e. The highest BCUT2D eigenvalue weighted by molar-refractivity contribution is 7.92. The lowest BCUT2D eigenvalue weighted by molar-refractivity contribution is -0.119. The molecule has 178 valence electrons. The first-order valence-corrected chi connectivity index (χ1v) is 11.7. The number of hydrogen-bond acceptors (Lipinski definition) is 5. The zero-order valence-corrected chi connectivity index (χ0v) is 19.7. The third kappa shape index (κ3) is 4.70. The third-order valence-corrected chi connectivity index (χ3v) is 8.23. The molecule has 0 spiro atoms. The number of halogens is 4. The minimum atomic E-state index is -4.00. The van der Waals surface area contributed by atoms with Gasteiger partial charge in [0.2, 0.25) is 5.91 Å². The molecule has 1 saturated carbocycles. The molecule has 7 nitrogen and oxygen atoms in total. The number of anilines is 1. The molecule has 12 heteroatoms. The first kappa shape index (κ1) is 25.4. The number of alkyl halides is 2. The van der Waals surface area contributed by atoms with Crippen LogP contribution < -0.4 is 16.0 Å². The fourth-order valence-electron chi connectivity index (χ4n) is 3.55. The molecule has 0 bridgehead atoms. The number of rotatable bonds is 4. The van der Waals surface area contributed by atoms with E-state index in [0.717, 1.165) is 0 Å². The number of fused-ring (bicyclic) bond motifs is 1. The van der Waals surface area contributed by atoms with Gasteiger partial charge < -0.3 is 16.0 Å². The molecule has 2 aromatic carbocycles. The Kier molecular flexibility index (Phi) is 6.78. The summed E-state index contributed by atoms with van der Waals surface area (Å²) < 4.78 is 52.6. The Morgan fingerprint density at radius 1 is 1.24 bits per heavy atom. The van der Waals surface area contributed by atoms with E-state index in [0.29, 0.717) is 10.6 Å². The Morgan fingerprint density at radius 3 is 2.42 bits per heavy atom. The molecule has 33 heavy (non-hydrogen) atoms.